The molecular formula is C19H28N4O4. The van der Waals surface area contributed by atoms with Crippen molar-refractivity contribution in [2.75, 3.05) is 38.7 Å². The number of carbonyl (C=O) groups is 3. The third kappa shape index (κ3) is 5.43. The van der Waals surface area contributed by atoms with Crippen LogP contribution >= 0.6 is 0 Å². The number of hydrogen-bond acceptors (Lipinski definition) is 5. The Labute approximate surface area is 159 Å². The normalized spacial score (nSPS) is 18.9. The van der Waals surface area contributed by atoms with E-state index >= 15 is 0 Å². The highest BCUT2D eigenvalue weighted by molar-refractivity contribution is 5.89. The standard InChI is InChI=1S/C19H28N4O4/c1-4-20-19(27)16-10-14(21-17(25)12-24)11-23(16)18(26)9-13-5-7-15(8-6-13)22(2)3/h5-8,14,16,24H,4,9-12H2,1-3H3,(H,20,27)(H,21,25)/t14-,16+/m1/s1. The predicted octanol–water partition coefficient (Wildman–Crippen LogP) is -0.491. The quantitative estimate of drug-likeness (QED) is 0.596. The second-order valence-electron chi connectivity index (χ2n) is 6.85. The Kier molecular flexibility index (Phi) is 7.18. The third-order valence-corrected chi connectivity index (χ3v) is 4.59. The minimum Gasteiger partial charge on any atom is -0.387 e. The van der Waals surface area contributed by atoms with Gasteiger partial charge in [0.1, 0.15) is 12.6 Å². The maximum absolute atomic E-state index is 12.8. The van der Waals surface area contributed by atoms with Gasteiger partial charge in [0.15, 0.2) is 0 Å². The van der Waals surface area contributed by atoms with Crippen LogP contribution in [0.25, 0.3) is 0 Å². The first-order chi connectivity index (χ1) is 12.8. The first-order valence-electron chi connectivity index (χ1n) is 9.09. The molecule has 1 aliphatic rings. The van der Waals surface area contributed by atoms with Crippen molar-refractivity contribution in [2.24, 2.45) is 0 Å². The molecule has 1 saturated heterocycles. The lowest BCUT2D eigenvalue weighted by Crippen LogP contribution is -2.46. The smallest absolute Gasteiger partial charge is 0.245 e. The minimum atomic E-state index is -0.623. The van der Waals surface area contributed by atoms with Crippen LogP contribution < -0.4 is 15.5 Å². The summed E-state index contributed by atoms with van der Waals surface area (Å²) in [6.45, 7) is 1.92. The first-order valence-corrected chi connectivity index (χ1v) is 9.09. The summed E-state index contributed by atoms with van der Waals surface area (Å²) in [6, 6.07) is 6.71. The molecule has 0 saturated carbocycles. The van der Waals surface area contributed by atoms with Crippen molar-refractivity contribution in [1.29, 1.82) is 0 Å². The second kappa shape index (κ2) is 9.36. The molecular weight excluding hydrogens is 348 g/mol. The highest BCUT2D eigenvalue weighted by atomic mass is 16.3. The van der Waals surface area contributed by atoms with Crippen LogP contribution in [0.3, 0.4) is 0 Å². The predicted molar refractivity (Wildman–Crippen MR) is 102 cm³/mol. The van der Waals surface area contributed by atoms with Crippen LogP contribution in [0.5, 0.6) is 0 Å². The van der Waals surface area contributed by atoms with E-state index in [0.717, 1.165) is 11.3 Å². The summed E-state index contributed by atoms with van der Waals surface area (Å²) in [5, 5.41) is 14.3. The number of likely N-dealkylation sites (tertiary alicyclic amines) is 1. The van der Waals surface area contributed by atoms with Gasteiger partial charge >= 0.3 is 0 Å². The van der Waals surface area contributed by atoms with E-state index in [0.29, 0.717) is 13.0 Å². The lowest BCUT2D eigenvalue weighted by atomic mass is 10.1. The average molecular weight is 376 g/mol. The molecule has 2 rings (SSSR count). The summed E-state index contributed by atoms with van der Waals surface area (Å²) in [7, 11) is 3.89. The van der Waals surface area contributed by atoms with Gasteiger partial charge < -0.3 is 25.5 Å². The second-order valence-corrected chi connectivity index (χ2v) is 6.85. The van der Waals surface area contributed by atoms with Crippen molar-refractivity contribution in [3.63, 3.8) is 0 Å². The molecule has 0 aromatic heterocycles. The number of nitrogens with zero attached hydrogens (tertiary/aromatic N) is 2. The van der Waals surface area contributed by atoms with Gasteiger partial charge in [0, 0.05) is 38.9 Å². The molecule has 3 N–H and O–H groups in total. The van der Waals surface area contributed by atoms with Gasteiger partial charge in [-0.1, -0.05) is 12.1 Å². The molecule has 1 aromatic rings. The maximum atomic E-state index is 12.8. The number of carbonyl (C=O) groups excluding carboxylic acids is 3. The fourth-order valence-corrected chi connectivity index (χ4v) is 3.22. The average Bonchev–Trinajstić information content (AvgIpc) is 3.06. The molecule has 0 bridgehead atoms. The zero-order chi connectivity index (χ0) is 20.0. The molecule has 1 aliphatic heterocycles. The lowest BCUT2D eigenvalue weighted by Gasteiger charge is -2.24. The summed E-state index contributed by atoms with van der Waals surface area (Å²) in [6.07, 6.45) is 0.521. The Hall–Kier alpha value is -2.61. The van der Waals surface area contributed by atoms with Crippen LogP contribution in [-0.2, 0) is 20.8 Å². The van der Waals surface area contributed by atoms with E-state index in [9.17, 15) is 14.4 Å². The van der Waals surface area contributed by atoms with Gasteiger partial charge in [-0.25, -0.2) is 0 Å². The first kappa shape index (κ1) is 20.7. The van der Waals surface area contributed by atoms with E-state index in [-0.39, 0.29) is 30.8 Å². The topological polar surface area (TPSA) is 102 Å². The van der Waals surface area contributed by atoms with Gasteiger partial charge in [0.05, 0.1) is 6.42 Å². The van der Waals surface area contributed by atoms with Crippen LogP contribution in [0.2, 0.25) is 0 Å². The number of benzene rings is 1. The molecule has 0 radical (unpaired) electrons. The molecule has 1 heterocycles. The monoisotopic (exact) mass is 376 g/mol. The number of aliphatic hydroxyl groups is 1. The van der Waals surface area contributed by atoms with Crippen LogP contribution in [0.15, 0.2) is 24.3 Å². The SMILES string of the molecule is CCNC(=O)[C@@H]1C[C@@H](NC(=O)CO)CN1C(=O)Cc1ccc(N(C)C)cc1. The van der Waals surface area contributed by atoms with E-state index in [1.54, 1.807) is 0 Å². The van der Waals surface area contributed by atoms with Crippen LogP contribution in [-0.4, -0.2) is 73.6 Å². The van der Waals surface area contributed by atoms with Gasteiger partial charge in [-0.05, 0) is 31.0 Å². The van der Waals surface area contributed by atoms with Gasteiger partial charge in [0.2, 0.25) is 17.7 Å². The van der Waals surface area contributed by atoms with E-state index in [4.69, 9.17) is 5.11 Å². The Morgan fingerprint density at radius 1 is 1.22 bits per heavy atom. The molecule has 0 spiro atoms. The Bertz CT molecular complexity index is 675. The summed E-state index contributed by atoms with van der Waals surface area (Å²) < 4.78 is 0. The molecule has 0 unspecified atom stereocenters. The minimum absolute atomic E-state index is 0.162. The number of nitrogens with one attached hydrogen (secondary N) is 2. The number of hydrogen-bond donors (Lipinski definition) is 3. The number of anilines is 1. The summed E-state index contributed by atoms with van der Waals surface area (Å²) in [5.74, 6) is -0.901. The number of likely N-dealkylation sites (N-methyl/N-ethyl adjacent to an activating group) is 1. The summed E-state index contributed by atoms with van der Waals surface area (Å²) in [5.41, 5.74) is 1.91. The fourth-order valence-electron chi connectivity index (χ4n) is 3.22. The molecule has 1 fully saturated rings. The molecule has 8 nitrogen and oxygen atoms in total. The van der Waals surface area contributed by atoms with Crippen molar-refractivity contribution >= 4 is 23.4 Å². The lowest BCUT2D eigenvalue weighted by molar-refractivity contribution is -0.138. The van der Waals surface area contributed by atoms with Crippen molar-refractivity contribution in [1.82, 2.24) is 15.5 Å². The van der Waals surface area contributed by atoms with E-state index in [2.05, 4.69) is 10.6 Å². The van der Waals surface area contributed by atoms with Crippen LogP contribution in [0.4, 0.5) is 5.69 Å². The van der Waals surface area contributed by atoms with Crippen molar-refractivity contribution in [3.8, 4) is 0 Å². The molecule has 8 heteroatoms. The van der Waals surface area contributed by atoms with Gasteiger partial charge in [0.25, 0.3) is 0 Å². The largest absolute Gasteiger partial charge is 0.387 e. The highest BCUT2D eigenvalue weighted by Gasteiger charge is 2.39. The molecule has 3 amide bonds. The molecule has 1 aromatic carbocycles. The van der Waals surface area contributed by atoms with Crippen molar-refractivity contribution in [3.05, 3.63) is 29.8 Å². The van der Waals surface area contributed by atoms with E-state index in [1.165, 1.54) is 4.90 Å². The van der Waals surface area contributed by atoms with E-state index in [1.807, 2.05) is 50.2 Å². The zero-order valence-electron chi connectivity index (χ0n) is 16.1. The molecule has 2 atom stereocenters. The highest BCUT2D eigenvalue weighted by Crippen LogP contribution is 2.21. The number of aliphatic hydroxyl groups excluding tert-OH is 1. The third-order valence-electron chi connectivity index (χ3n) is 4.59. The Morgan fingerprint density at radius 3 is 2.44 bits per heavy atom. The molecule has 148 valence electrons. The van der Waals surface area contributed by atoms with Gasteiger partial charge in [-0.3, -0.25) is 14.4 Å². The van der Waals surface area contributed by atoms with E-state index < -0.39 is 18.6 Å². The Balaban J connectivity index is 2.09. The maximum Gasteiger partial charge on any atom is 0.245 e. The van der Waals surface area contributed by atoms with Crippen LogP contribution in [0, 0.1) is 0 Å². The molecule has 0 aliphatic carbocycles. The summed E-state index contributed by atoms with van der Waals surface area (Å²) >= 11 is 0. The Morgan fingerprint density at radius 2 is 1.89 bits per heavy atom. The van der Waals surface area contributed by atoms with Gasteiger partial charge in [-0.2, -0.15) is 0 Å². The van der Waals surface area contributed by atoms with Crippen molar-refractivity contribution < 1.29 is 19.5 Å². The van der Waals surface area contributed by atoms with Gasteiger partial charge in [-0.15, -0.1) is 0 Å². The number of rotatable bonds is 7. The molecule has 27 heavy (non-hydrogen) atoms. The van der Waals surface area contributed by atoms with Crippen LogP contribution in [0.1, 0.15) is 18.9 Å². The van der Waals surface area contributed by atoms with Crippen molar-refractivity contribution in [2.45, 2.75) is 31.8 Å². The summed E-state index contributed by atoms with van der Waals surface area (Å²) in [4.78, 5) is 40.1. The number of amides is 3. The zero-order valence-corrected chi connectivity index (χ0v) is 16.1. The fraction of sp³-hybridized carbons (Fsp3) is 0.526.